The van der Waals surface area contributed by atoms with Gasteiger partial charge in [0.1, 0.15) is 11.9 Å². The first-order valence-electron chi connectivity index (χ1n) is 11.9. The van der Waals surface area contributed by atoms with Gasteiger partial charge < -0.3 is 15.0 Å². The monoisotopic (exact) mass is 477 g/mol. The van der Waals surface area contributed by atoms with Crippen molar-refractivity contribution in [2.45, 2.75) is 45.9 Å². The summed E-state index contributed by atoms with van der Waals surface area (Å²) < 4.78 is 21.6. The molecule has 182 valence electrons. The Labute approximate surface area is 203 Å². The van der Waals surface area contributed by atoms with Crippen LogP contribution in [0.3, 0.4) is 0 Å². The number of aryl methyl sites for hydroxylation is 2. The molecule has 2 aromatic carbocycles. The lowest BCUT2D eigenvalue weighted by Gasteiger charge is -2.31. The molecule has 1 unspecified atom stereocenters. The van der Waals surface area contributed by atoms with Crippen molar-refractivity contribution in [3.8, 4) is 0 Å². The molecule has 0 aliphatic carbocycles. The van der Waals surface area contributed by atoms with Crippen molar-refractivity contribution in [1.82, 2.24) is 19.9 Å². The summed E-state index contributed by atoms with van der Waals surface area (Å²) >= 11 is 0. The van der Waals surface area contributed by atoms with Crippen molar-refractivity contribution in [2.75, 3.05) is 18.4 Å². The largest absolute Gasteiger partial charge is 0.365 e. The third-order valence-corrected chi connectivity index (χ3v) is 6.84. The minimum Gasteiger partial charge on any atom is -0.365 e. The Kier molecular flexibility index (Phi) is 6.34. The van der Waals surface area contributed by atoms with Crippen molar-refractivity contribution < 1.29 is 18.7 Å². The molecule has 0 radical (unpaired) electrons. The standard InChI is InChI=1S/C26H28FN5O3/c1-16-3-6-18(7-4-16)23-14-32-22(15-35-23)24(29-30-32)26(34)31-11-9-19(10-12-31)25(33)28-20-8-5-17(2)21(27)13-20/h3-8,13,19,23H,9-12,14-15H2,1-2H3,(H,28,33). The maximum Gasteiger partial charge on any atom is 0.276 e. The maximum absolute atomic E-state index is 13.8. The molecule has 35 heavy (non-hydrogen) atoms. The Balaban J connectivity index is 1.18. The van der Waals surface area contributed by atoms with Crippen LogP contribution in [0.4, 0.5) is 10.1 Å². The SMILES string of the molecule is Cc1ccc(C2Cn3nnc(C(=O)N4CCC(C(=O)Nc5ccc(C)c(F)c5)CC4)c3CO2)cc1. The normalized spacial score (nSPS) is 18.3. The molecule has 1 saturated heterocycles. The zero-order valence-corrected chi connectivity index (χ0v) is 19.8. The number of carbonyl (C=O) groups is 2. The van der Waals surface area contributed by atoms with Crippen molar-refractivity contribution >= 4 is 17.5 Å². The lowest BCUT2D eigenvalue weighted by molar-refractivity contribution is -0.121. The number of aromatic nitrogens is 3. The van der Waals surface area contributed by atoms with Gasteiger partial charge in [-0.3, -0.25) is 9.59 Å². The lowest BCUT2D eigenvalue weighted by Crippen LogP contribution is -2.42. The number of halogens is 1. The van der Waals surface area contributed by atoms with E-state index in [1.165, 1.54) is 11.6 Å². The molecule has 0 bridgehead atoms. The number of amides is 2. The number of rotatable bonds is 4. The second-order valence-electron chi connectivity index (χ2n) is 9.30. The van der Waals surface area contributed by atoms with Gasteiger partial charge in [0, 0.05) is 24.7 Å². The van der Waals surface area contributed by atoms with Crippen molar-refractivity contribution in [3.63, 3.8) is 0 Å². The fraction of sp³-hybridized carbons (Fsp3) is 0.385. The summed E-state index contributed by atoms with van der Waals surface area (Å²) in [4.78, 5) is 27.5. The number of carbonyl (C=O) groups excluding carboxylic acids is 2. The van der Waals surface area contributed by atoms with Crippen LogP contribution >= 0.6 is 0 Å². The van der Waals surface area contributed by atoms with Crippen LogP contribution in [0.2, 0.25) is 0 Å². The Morgan fingerprint density at radius 2 is 1.83 bits per heavy atom. The molecular formula is C26H28FN5O3. The molecule has 0 spiro atoms. The van der Waals surface area contributed by atoms with Gasteiger partial charge in [-0.05, 0) is 49.9 Å². The lowest BCUT2D eigenvalue weighted by atomic mass is 9.95. The van der Waals surface area contributed by atoms with E-state index >= 15 is 0 Å². The molecule has 1 aromatic heterocycles. The number of benzene rings is 2. The van der Waals surface area contributed by atoms with Crippen LogP contribution < -0.4 is 5.32 Å². The number of likely N-dealkylation sites (tertiary alicyclic amines) is 1. The summed E-state index contributed by atoms with van der Waals surface area (Å²) in [6.45, 7) is 5.37. The molecule has 0 saturated carbocycles. The first-order valence-corrected chi connectivity index (χ1v) is 11.9. The number of piperidine rings is 1. The minimum absolute atomic E-state index is 0.135. The van der Waals surface area contributed by atoms with Crippen molar-refractivity contribution in [3.05, 3.63) is 76.4 Å². The van der Waals surface area contributed by atoms with E-state index in [-0.39, 0.29) is 36.3 Å². The number of nitrogens with zero attached hydrogens (tertiary/aromatic N) is 4. The van der Waals surface area contributed by atoms with Crippen LogP contribution in [-0.2, 0) is 22.7 Å². The van der Waals surface area contributed by atoms with Gasteiger partial charge in [-0.15, -0.1) is 5.10 Å². The Bertz CT molecular complexity index is 1250. The smallest absolute Gasteiger partial charge is 0.276 e. The summed E-state index contributed by atoms with van der Waals surface area (Å²) in [6, 6.07) is 12.8. The number of ether oxygens (including phenoxy) is 1. The number of hydrogen-bond acceptors (Lipinski definition) is 5. The highest BCUT2D eigenvalue weighted by atomic mass is 19.1. The molecular weight excluding hydrogens is 449 g/mol. The summed E-state index contributed by atoms with van der Waals surface area (Å²) in [6.07, 6.45) is 0.923. The molecule has 1 atom stereocenters. The predicted molar refractivity (Wildman–Crippen MR) is 127 cm³/mol. The van der Waals surface area contributed by atoms with Gasteiger partial charge in [-0.1, -0.05) is 41.1 Å². The predicted octanol–water partition coefficient (Wildman–Crippen LogP) is 3.80. The Hall–Kier alpha value is -3.59. The number of hydrogen-bond donors (Lipinski definition) is 1. The van der Waals surface area contributed by atoms with E-state index in [2.05, 4.69) is 15.6 Å². The van der Waals surface area contributed by atoms with E-state index < -0.39 is 0 Å². The van der Waals surface area contributed by atoms with E-state index in [0.29, 0.717) is 55.1 Å². The van der Waals surface area contributed by atoms with Crippen LogP contribution in [0.5, 0.6) is 0 Å². The van der Waals surface area contributed by atoms with Crippen molar-refractivity contribution in [2.24, 2.45) is 5.92 Å². The van der Waals surface area contributed by atoms with Gasteiger partial charge >= 0.3 is 0 Å². The van der Waals surface area contributed by atoms with E-state index in [0.717, 1.165) is 5.56 Å². The summed E-state index contributed by atoms with van der Waals surface area (Å²) in [5.41, 5.74) is 4.21. The van der Waals surface area contributed by atoms with E-state index in [9.17, 15) is 14.0 Å². The highest BCUT2D eigenvalue weighted by Gasteiger charge is 2.33. The average Bonchev–Trinajstić information content (AvgIpc) is 3.29. The molecule has 3 aromatic rings. The van der Waals surface area contributed by atoms with Crippen LogP contribution in [0.15, 0.2) is 42.5 Å². The quantitative estimate of drug-likeness (QED) is 0.618. The zero-order valence-electron chi connectivity index (χ0n) is 19.8. The summed E-state index contributed by atoms with van der Waals surface area (Å²) in [5.74, 6) is -0.939. The Morgan fingerprint density at radius 3 is 2.54 bits per heavy atom. The molecule has 1 fully saturated rings. The summed E-state index contributed by atoms with van der Waals surface area (Å²) in [5, 5.41) is 11.2. The third kappa shape index (κ3) is 4.81. The topological polar surface area (TPSA) is 89.4 Å². The molecule has 1 N–H and O–H groups in total. The van der Waals surface area contributed by atoms with Crippen LogP contribution in [-0.4, -0.2) is 44.8 Å². The van der Waals surface area contributed by atoms with Gasteiger partial charge in [0.15, 0.2) is 5.69 Å². The highest BCUT2D eigenvalue weighted by molar-refractivity contribution is 5.94. The number of nitrogens with one attached hydrogen (secondary N) is 1. The van der Waals surface area contributed by atoms with Gasteiger partial charge in [-0.25, -0.2) is 9.07 Å². The minimum atomic E-state index is -0.352. The molecule has 5 rings (SSSR count). The molecule has 2 aliphatic rings. The second-order valence-corrected chi connectivity index (χ2v) is 9.30. The zero-order chi connectivity index (χ0) is 24.5. The maximum atomic E-state index is 13.8. The number of fused-ring (bicyclic) bond motifs is 1. The van der Waals surface area contributed by atoms with Crippen LogP contribution in [0, 0.1) is 25.6 Å². The summed E-state index contributed by atoms with van der Waals surface area (Å²) in [7, 11) is 0. The van der Waals surface area contributed by atoms with Gasteiger partial charge in [0.2, 0.25) is 5.91 Å². The van der Waals surface area contributed by atoms with E-state index in [1.807, 2.05) is 31.2 Å². The van der Waals surface area contributed by atoms with E-state index in [4.69, 9.17) is 4.74 Å². The van der Waals surface area contributed by atoms with E-state index in [1.54, 1.807) is 28.6 Å². The Morgan fingerprint density at radius 1 is 1.09 bits per heavy atom. The first kappa shape index (κ1) is 23.2. The second kappa shape index (κ2) is 9.58. The number of anilines is 1. The molecule has 8 nitrogen and oxygen atoms in total. The van der Waals surface area contributed by atoms with Crippen LogP contribution in [0.1, 0.15) is 51.8 Å². The van der Waals surface area contributed by atoms with Gasteiger partial charge in [0.25, 0.3) is 5.91 Å². The van der Waals surface area contributed by atoms with Gasteiger partial charge in [-0.2, -0.15) is 0 Å². The molecule has 9 heteroatoms. The van der Waals surface area contributed by atoms with Gasteiger partial charge in [0.05, 0.1) is 18.8 Å². The molecule has 3 heterocycles. The highest BCUT2D eigenvalue weighted by Crippen LogP contribution is 2.28. The van der Waals surface area contributed by atoms with Crippen molar-refractivity contribution in [1.29, 1.82) is 0 Å². The molecule has 2 aliphatic heterocycles. The fourth-order valence-corrected chi connectivity index (χ4v) is 4.57. The average molecular weight is 478 g/mol. The first-order chi connectivity index (χ1) is 16.9. The third-order valence-electron chi connectivity index (χ3n) is 6.84. The van der Waals surface area contributed by atoms with Crippen LogP contribution in [0.25, 0.3) is 0 Å². The molecule has 2 amide bonds. The fourth-order valence-electron chi connectivity index (χ4n) is 4.57.